The average molecular weight is 473 g/mol. The van der Waals surface area contributed by atoms with E-state index in [0.717, 1.165) is 46.5 Å². The van der Waals surface area contributed by atoms with Crippen LogP contribution in [0.15, 0.2) is 60.9 Å². The van der Waals surface area contributed by atoms with Crippen LogP contribution in [-0.2, 0) is 0 Å². The smallest absolute Gasteiger partial charge is 0.259 e. The number of hydrogen-bond donors (Lipinski definition) is 3. The number of halogens is 1. The summed E-state index contributed by atoms with van der Waals surface area (Å²) < 4.78 is 1.50. The number of nitrogens with zero attached hydrogens (tertiary/aromatic N) is 3. The van der Waals surface area contributed by atoms with Crippen LogP contribution < -0.4 is 16.4 Å². The van der Waals surface area contributed by atoms with Crippen molar-refractivity contribution in [2.75, 3.05) is 17.6 Å². The Labute approximate surface area is 202 Å². The van der Waals surface area contributed by atoms with Gasteiger partial charge in [0.1, 0.15) is 5.56 Å². The molecule has 1 amide bonds. The summed E-state index contributed by atoms with van der Waals surface area (Å²) in [4.78, 5) is 17.6. The first-order chi connectivity index (χ1) is 16.5. The third-order valence-electron chi connectivity index (χ3n) is 6.13. The van der Waals surface area contributed by atoms with E-state index in [2.05, 4.69) is 45.8 Å². The fraction of sp³-hybridized carbons (Fsp3) is 0.192. The van der Waals surface area contributed by atoms with Crippen molar-refractivity contribution in [2.45, 2.75) is 26.3 Å². The molecule has 7 nitrogen and oxygen atoms in total. The van der Waals surface area contributed by atoms with Crippen molar-refractivity contribution in [3.05, 3.63) is 82.6 Å². The Morgan fingerprint density at radius 3 is 2.82 bits per heavy atom. The van der Waals surface area contributed by atoms with Gasteiger partial charge in [-0.25, -0.2) is 9.50 Å². The zero-order valence-corrected chi connectivity index (χ0v) is 19.7. The Morgan fingerprint density at radius 2 is 2.03 bits per heavy atom. The van der Waals surface area contributed by atoms with E-state index in [1.165, 1.54) is 4.52 Å². The highest BCUT2D eigenvalue weighted by Crippen LogP contribution is 2.44. The lowest BCUT2D eigenvalue weighted by atomic mass is 9.89. The van der Waals surface area contributed by atoms with Crippen molar-refractivity contribution in [1.82, 2.24) is 19.9 Å². The van der Waals surface area contributed by atoms with E-state index >= 15 is 0 Å². The zero-order valence-electron chi connectivity index (χ0n) is 19.0. The molecule has 2 aromatic carbocycles. The number of hydrogen-bond acceptors (Lipinski definition) is 5. The van der Waals surface area contributed by atoms with Crippen molar-refractivity contribution in [3.63, 3.8) is 0 Å². The van der Waals surface area contributed by atoms with E-state index in [1.807, 2.05) is 31.2 Å². The predicted octanol–water partition coefficient (Wildman–Crippen LogP) is 5.34. The van der Waals surface area contributed by atoms with Gasteiger partial charge in [0, 0.05) is 30.1 Å². The fourth-order valence-electron chi connectivity index (χ4n) is 4.55. The van der Waals surface area contributed by atoms with Gasteiger partial charge in [-0.1, -0.05) is 48.0 Å². The highest BCUT2D eigenvalue weighted by molar-refractivity contribution is 6.33. The molecule has 4 N–H and O–H groups in total. The van der Waals surface area contributed by atoms with Crippen molar-refractivity contribution in [1.29, 1.82) is 0 Å². The Hall–Kier alpha value is -3.84. The van der Waals surface area contributed by atoms with Crippen LogP contribution in [-0.4, -0.2) is 27.0 Å². The topological polar surface area (TPSA) is 97.3 Å². The van der Waals surface area contributed by atoms with Crippen molar-refractivity contribution < 1.29 is 4.79 Å². The van der Waals surface area contributed by atoms with Crippen molar-refractivity contribution in [3.8, 4) is 11.1 Å². The molecule has 8 heteroatoms. The molecule has 172 valence electrons. The van der Waals surface area contributed by atoms with E-state index in [1.54, 1.807) is 18.5 Å². The molecule has 0 radical (unpaired) electrons. The Balaban J connectivity index is 1.61. The number of fused-ring (bicyclic) bond motifs is 2. The third kappa shape index (κ3) is 3.78. The summed E-state index contributed by atoms with van der Waals surface area (Å²) in [5.41, 5.74) is 12.8. The first kappa shape index (κ1) is 22.0. The predicted molar refractivity (Wildman–Crippen MR) is 137 cm³/mol. The zero-order chi connectivity index (χ0) is 23.8. The molecule has 0 fully saturated rings. The van der Waals surface area contributed by atoms with E-state index in [4.69, 9.17) is 17.3 Å². The van der Waals surface area contributed by atoms with Crippen LogP contribution in [0.5, 0.6) is 0 Å². The lowest BCUT2D eigenvalue weighted by Crippen LogP contribution is -2.28. The molecule has 5 rings (SSSR count). The summed E-state index contributed by atoms with van der Waals surface area (Å²) in [6.45, 7) is 4.82. The summed E-state index contributed by atoms with van der Waals surface area (Å²) in [6, 6.07) is 13.5. The molecule has 4 aromatic rings. The highest BCUT2D eigenvalue weighted by atomic mass is 35.5. The lowest BCUT2D eigenvalue weighted by molar-refractivity contribution is 0.0942. The molecular formula is C26H25ClN6O. The van der Waals surface area contributed by atoms with E-state index in [0.29, 0.717) is 10.7 Å². The molecule has 0 bridgehead atoms. The van der Waals surface area contributed by atoms with Gasteiger partial charge in [-0.15, -0.1) is 5.10 Å². The normalized spacial score (nSPS) is 14.0. The minimum Gasteiger partial charge on any atom is -0.384 e. The lowest BCUT2D eigenvalue weighted by Gasteiger charge is -2.24. The van der Waals surface area contributed by atoms with Gasteiger partial charge in [0.2, 0.25) is 0 Å². The first-order valence-electron chi connectivity index (χ1n) is 11.2. The van der Waals surface area contributed by atoms with E-state index < -0.39 is 0 Å². The van der Waals surface area contributed by atoms with Crippen LogP contribution in [0.4, 0.5) is 11.5 Å². The van der Waals surface area contributed by atoms with Gasteiger partial charge in [0.25, 0.3) is 5.91 Å². The Morgan fingerprint density at radius 1 is 1.24 bits per heavy atom. The van der Waals surface area contributed by atoms with Crippen LogP contribution in [0, 0.1) is 0 Å². The number of benzene rings is 2. The summed E-state index contributed by atoms with van der Waals surface area (Å²) in [5, 5.41) is 11.5. The maximum atomic E-state index is 13.3. The molecule has 1 atom stereocenters. The molecule has 3 heterocycles. The quantitative estimate of drug-likeness (QED) is 0.372. The number of rotatable bonds is 4. The van der Waals surface area contributed by atoms with Crippen LogP contribution in [0.25, 0.3) is 22.3 Å². The number of carbonyl (C=O) groups excluding carboxylic acids is 1. The molecule has 1 aliphatic rings. The largest absolute Gasteiger partial charge is 0.384 e. The first-order valence-corrected chi connectivity index (χ1v) is 11.6. The second-order valence-corrected chi connectivity index (χ2v) is 8.79. The molecule has 2 aromatic heterocycles. The van der Waals surface area contributed by atoms with Crippen LogP contribution in [0.1, 0.15) is 47.8 Å². The number of nitrogens with one attached hydrogen (secondary N) is 2. The monoisotopic (exact) mass is 472 g/mol. The molecule has 1 aliphatic heterocycles. The summed E-state index contributed by atoms with van der Waals surface area (Å²) in [7, 11) is 0. The standard InChI is InChI=1S/C26H25ClN6O/c1-15-8-6-11-29-23-20(15)19(27)14-18(21(23)17-9-4-3-5-10-17)16(2)31-26(34)22-24(28)32-33-13-7-12-30-25(22)33/h3-5,7-10,12-14,16,29H,6,11H2,1-2H3,(H2,28,32)(H,31,34). The summed E-state index contributed by atoms with van der Waals surface area (Å²) in [5.74, 6) is -0.207. The number of allylic oxidation sites excluding steroid dienone is 1. The second-order valence-electron chi connectivity index (χ2n) is 8.38. The van der Waals surface area contributed by atoms with Gasteiger partial charge in [-0.3, -0.25) is 4.79 Å². The van der Waals surface area contributed by atoms with Gasteiger partial charge < -0.3 is 16.4 Å². The SMILES string of the molecule is CC1=CCCNc2c1c(Cl)cc(C(C)NC(=O)c1c(N)nn3cccnc13)c2-c1ccccc1. The molecule has 0 spiro atoms. The maximum absolute atomic E-state index is 13.3. The van der Waals surface area contributed by atoms with Crippen LogP contribution in [0.2, 0.25) is 5.02 Å². The number of carbonyl (C=O) groups is 1. The number of amides is 1. The third-order valence-corrected chi connectivity index (χ3v) is 6.42. The minimum absolute atomic E-state index is 0.133. The fourth-order valence-corrected chi connectivity index (χ4v) is 4.91. The molecular weight excluding hydrogens is 448 g/mol. The average Bonchev–Trinajstić information content (AvgIpc) is 3.04. The van der Waals surface area contributed by atoms with Gasteiger partial charge in [-0.05, 0) is 49.1 Å². The van der Waals surface area contributed by atoms with E-state index in [9.17, 15) is 4.79 Å². The maximum Gasteiger partial charge on any atom is 0.259 e. The van der Waals surface area contributed by atoms with Gasteiger partial charge in [-0.2, -0.15) is 0 Å². The molecule has 0 saturated carbocycles. The molecule has 34 heavy (non-hydrogen) atoms. The number of nitrogens with two attached hydrogens (primary N) is 1. The van der Waals surface area contributed by atoms with Gasteiger partial charge in [0.15, 0.2) is 11.5 Å². The molecule has 1 unspecified atom stereocenters. The molecule has 0 aliphatic carbocycles. The van der Waals surface area contributed by atoms with Crippen molar-refractivity contribution in [2.24, 2.45) is 0 Å². The Kier molecular flexibility index (Phi) is 5.71. The number of anilines is 2. The van der Waals surface area contributed by atoms with Gasteiger partial charge in [0.05, 0.1) is 16.8 Å². The summed E-state index contributed by atoms with van der Waals surface area (Å²) >= 11 is 6.82. The number of aromatic nitrogens is 3. The van der Waals surface area contributed by atoms with Crippen LogP contribution in [0.3, 0.4) is 0 Å². The van der Waals surface area contributed by atoms with Crippen molar-refractivity contribution >= 4 is 40.2 Å². The second kappa shape index (κ2) is 8.83. The minimum atomic E-state index is -0.363. The van der Waals surface area contributed by atoms with Crippen LogP contribution >= 0.6 is 11.6 Å². The summed E-state index contributed by atoms with van der Waals surface area (Å²) in [6.07, 6.45) is 6.43. The van der Waals surface area contributed by atoms with E-state index in [-0.39, 0.29) is 23.3 Å². The van der Waals surface area contributed by atoms with Gasteiger partial charge >= 0.3 is 0 Å². The Bertz CT molecular complexity index is 1430. The number of nitrogen functional groups attached to an aromatic ring is 1. The molecule has 0 saturated heterocycles. The highest BCUT2D eigenvalue weighted by Gasteiger charge is 2.26.